The van der Waals surface area contributed by atoms with Crippen LogP contribution in [-0.2, 0) is 19.1 Å². The van der Waals surface area contributed by atoms with E-state index >= 15 is 0 Å². The molecular formula is C24H28BrClN2O6. The number of nitrogens with zero attached hydrogens (tertiary/aromatic N) is 2. The molecule has 0 saturated carbocycles. The van der Waals surface area contributed by atoms with Crippen LogP contribution in [0.5, 0.6) is 0 Å². The smallest absolute Gasteiger partial charge is 0.310 e. The molecule has 3 saturated heterocycles. The molecule has 8 nitrogen and oxygen atoms in total. The topological polar surface area (TPSA) is 107 Å². The maximum atomic E-state index is 14.3. The second kappa shape index (κ2) is 9.26. The molecule has 184 valence electrons. The Morgan fingerprint density at radius 3 is 2.56 bits per heavy atom. The van der Waals surface area contributed by atoms with E-state index in [2.05, 4.69) is 22.5 Å². The largest absolute Gasteiger partial charge is 0.481 e. The highest BCUT2D eigenvalue weighted by Gasteiger charge is 2.77. The summed E-state index contributed by atoms with van der Waals surface area (Å²) in [7, 11) is 0. The summed E-state index contributed by atoms with van der Waals surface area (Å²) in [4.78, 5) is 42.9. The number of rotatable bonds is 8. The van der Waals surface area contributed by atoms with E-state index < -0.39 is 53.4 Å². The number of anilines is 1. The molecular weight excluding hydrogens is 528 g/mol. The van der Waals surface area contributed by atoms with Gasteiger partial charge in [-0.2, -0.15) is 0 Å². The van der Waals surface area contributed by atoms with Crippen LogP contribution in [0.15, 0.2) is 36.9 Å². The van der Waals surface area contributed by atoms with Crippen molar-refractivity contribution in [3.63, 3.8) is 0 Å². The zero-order valence-corrected chi connectivity index (χ0v) is 21.3. The lowest BCUT2D eigenvalue weighted by molar-refractivity contribution is -0.151. The molecule has 0 aromatic heterocycles. The number of aliphatic carboxylic acids is 1. The van der Waals surface area contributed by atoms with Gasteiger partial charge in [-0.3, -0.25) is 14.4 Å². The number of halogens is 2. The highest BCUT2D eigenvalue weighted by Crippen LogP contribution is 2.60. The minimum absolute atomic E-state index is 0.161. The van der Waals surface area contributed by atoms with Crippen LogP contribution in [0.25, 0.3) is 0 Å². The third-order valence-electron chi connectivity index (χ3n) is 7.28. The third kappa shape index (κ3) is 3.68. The summed E-state index contributed by atoms with van der Waals surface area (Å²) in [5.41, 5.74) is -0.756. The number of carboxylic acid groups (broad SMARTS) is 1. The first-order chi connectivity index (χ1) is 16.1. The number of carbonyl (C=O) groups excluding carboxylic acids is 2. The van der Waals surface area contributed by atoms with Crippen molar-refractivity contribution in [1.29, 1.82) is 0 Å². The Morgan fingerprint density at radius 2 is 2.03 bits per heavy atom. The van der Waals surface area contributed by atoms with E-state index in [-0.39, 0.29) is 23.9 Å². The number of fused-ring (bicyclic) bond motifs is 1. The lowest BCUT2D eigenvalue weighted by atomic mass is 9.70. The molecule has 3 aliphatic heterocycles. The Labute approximate surface area is 211 Å². The summed E-state index contributed by atoms with van der Waals surface area (Å²) >= 11 is 9.57. The SMILES string of the molecule is C=CCN(C(=O)C1N([C@@H](CO)C(C)C)C(=O)[C@@H]2[C@H](C(=O)O)[C@H]3OC12CC3Br)c1ccc(Cl)cc1. The Bertz CT molecular complexity index is 1000. The molecule has 7 atom stereocenters. The predicted octanol–water partition coefficient (Wildman–Crippen LogP) is 2.71. The van der Waals surface area contributed by atoms with E-state index in [1.165, 1.54) is 9.80 Å². The maximum absolute atomic E-state index is 14.3. The second-order valence-electron chi connectivity index (χ2n) is 9.46. The number of carboxylic acids is 1. The quantitative estimate of drug-likeness (QED) is 0.377. The van der Waals surface area contributed by atoms with Crippen LogP contribution in [0, 0.1) is 17.8 Å². The average Bonchev–Trinajstić information content (AvgIpc) is 3.37. The van der Waals surface area contributed by atoms with Crippen molar-refractivity contribution in [1.82, 2.24) is 4.90 Å². The fraction of sp³-hybridized carbons (Fsp3) is 0.542. The Hall–Kier alpha value is -1.94. The van der Waals surface area contributed by atoms with Crippen molar-refractivity contribution >= 4 is 51.0 Å². The first-order valence-corrected chi connectivity index (χ1v) is 12.5. The van der Waals surface area contributed by atoms with Gasteiger partial charge in [-0.25, -0.2) is 0 Å². The number of ether oxygens (including phenoxy) is 1. The van der Waals surface area contributed by atoms with Gasteiger partial charge in [-0.1, -0.05) is 47.5 Å². The van der Waals surface area contributed by atoms with Crippen LogP contribution in [0.1, 0.15) is 20.3 Å². The number of aliphatic hydroxyl groups is 1. The van der Waals surface area contributed by atoms with Gasteiger partial charge >= 0.3 is 5.97 Å². The Kier molecular flexibility index (Phi) is 6.85. The van der Waals surface area contributed by atoms with Crippen molar-refractivity contribution in [3.05, 3.63) is 41.9 Å². The molecule has 2 bridgehead atoms. The van der Waals surface area contributed by atoms with E-state index in [0.29, 0.717) is 17.1 Å². The molecule has 0 radical (unpaired) electrons. The van der Waals surface area contributed by atoms with Crippen molar-refractivity contribution in [2.75, 3.05) is 18.1 Å². The molecule has 3 unspecified atom stereocenters. The minimum Gasteiger partial charge on any atom is -0.481 e. The summed E-state index contributed by atoms with van der Waals surface area (Å²) in [5, 5.41) is 20.7. The Morgan fingerprint density at radius 1 is 1.38 bits per heavy atom. The standard InChI is InChI=1S/C24H28BrClN2O6/c1-4-9-27(14-7-5-13(26)6-8-14)22(31)20-24-10-15(25)19(34-24)17(23(32)33)18(24)21(30)28(20)16(11-29)12(2)3/h4-8,12,15-20,29H,1,9-11H2,2-3H3,(H,32,33)/t15?,16-,17-,18-,19-,20?,24?/m0/s1. The molecule has 1 aromatic rings. The monoisotopic (exact) mass is 554 g/mol. The van der Waals surface area contributed by atoms with Gasteiger partial charge in [-0.05, 0) is 36.6 Å². The Balaban J connectivity index is 1.86. The van der Waals surface area contributed by atoms with E-state index in [0.717, 1.165) is 0 Å². The zero-order chi connectivity index (χ0) is 24.9. The number of hydrogen-bond donors (Lipinski definition) is 2. The lowest BCUT2D eigenvalue weighted by Crippen LogP contribution is -2.60. The van der Waals surface area contributed by atoms with E-state index in [1.807, 2.05) is 13.8 Å². The third-order valence-corrected chi connectivity index (χ3v) is 8.37. The van der Waals surface area contributed by atoms with Gasteiger partial charge in [0.15, 0.2) is 0 Å². The highest BCUT2D eigenvalue weighted by molar-refractivity contribution is 9.09. The molecule has 2 amide bonds. The summed E-state index contributed by atoms with van der Waals surface area (Å²) in [6, 6.07) is 4.95. The van der Waals surface area contributed by atoms with Crippen molar-refractivity contribution in [2.45, 2.75) is 48.9 Å². The summed E-state index contributed by atoms with van der Waals surface area (Å²) in [6.07, 6.45) is 1.16. The number of benzene rings is 1. The molecule has 0 aliphatic carbocycles. The van der Waals surface area contributed by atoms with Gasteiger partial charge in [0.05, 0.1) is 30.6 Å². The fourth-order valence-electron chi connectivity index (χ4n) is 5.83. The normalized spacial score (nSPS) is 32.7. The molecule has 1 aromatic carbocycles. The molecule has 1 spiro atoms. The van der Waals surface area contributed by atoms with Gasteiger partial charge in [0.25, 0.3) is 5.91 Å². The predicted molar refractivity (Wildman–Crippen MR) is 130 cm³/mol. The summed E-state index contributed by atoms with van der Waals surface area (Å²) in [6.45, 7) is 7.27. The number of likely N-dealkylation sites (tertiary alicyclic amines) is 1. The first-order valence-electron chi connectivity index (χ1n) is 11.2. The molecule has 34 heavy (non-hydrogen) atoms. The van der Waals surface area contributed by atoms with Gasteiger partial charge in [-0.15, -0.1) is 6.58 Å². The number of hydrogen-bond acceptors (Lipinski definition) is 5. The van der Waals surface area contributed by atoms with Crippen LogP contribution in [0.3, 0.4) is 0 Å². The van der Waals surface area contributed by atoms with Gasteiger partial charge in [0.2, 0.25) is 5.91 Å². The fourth-order valence-corrected chi connectivity index (χ4v) is 6.90. The number of alkyl halides is 1. The molecule has 3 fully saturated rings. The summed E-state index contributed by atoms with van der Waals surface area (Å²) in [5.74, 6) is -4.28. The van der Waals surface area contributed by atoms with Crippen LogP contribution < -0.4 is 4.90 Å². The maximum Gasteiger partial charge on any atom is 0.310 e. The van der Waals surface area contributed by atoms with E-state index in [9.17, 15) is 24.6 Å². The van der Waals surface area contributed by atoms with Crippen molar-refractivity contribution in [2.24, 2.45) is 17.8 Å². The molecule has 2 N–H and O–H groups in total. The molecule has 3 aliphatic rings. The molecule has 4 rings (SSSR count). The van der Waals surface area contributed by atoms with Crippen LogP contribution in [0.2, 0.25) is 5.02 Å². The van der Waals surface area contributed by atoms with Crippen LogP contribution in [0.4, 0.5) is 5.69 Å². The number of amides is 2. The lowest BCUT2D eigenvalue weighted by Gasteiger charge is -2.40. The second-order valence-corrected chi connectivity index (χ2v) is 11.1. The average molecular weight is 556 g/mol. The number of carbonyl (C=O) groups is 3. The zero-order valence-electron chi connectivity index (χ0n) is 18.9. The molecule has 10 heteroatoms. The van der Waals surface area contributed by atoms with Gasteiger partial charge in [0.1, 0.15) is 11.6 Å². The summed E-state index contributed by atoms with van der Waals surface area (Å²) < 4.78 is 6.30. The number of aliphatic hydroxyl groups excluding tert-OH is 1. The van der Waals surface area contributed by atoms with Crippen LogP contribution in [-0.4, -0.2) is 74.7 Å². The van der Waals surface area contributed by atoms with Crippen molar-refractivity contribution in [3.8, 4) is 0 Å². The van der Waals surface area contributed by atoms with Crippen molar-refractivity contribution < 1.29 is 29.3 Å². The van der Waals surface area contributed by atoms with Gasteiger partial charge < -0.3 is 24.7 Å². The van der Waals surface area contributed by atoms with Crippen LogP contribution >= 0.6 is 27.5 Å². The van der Waals surface area contributed by atoms with E-state index in [1.54, 1.807) is 30.3 Å². The van der Waals surface area contributed by atoms with E-state index in [4.69, 9.17) is 16.3 Å². The van der Waals surface area contributed by atoms with Gasteiger partial charge in [0, 0.05) is 22.1 Å². The first kappa shape index (κ1) is 25.2. The minimum atomic E-state index is -1.32. The molecule has 3 heterocycles. The highest BCUT2D eigenvalue weighted by atomic mass is 79.9.